The molecule has 1 amide bonds. The van der Waals surface area contributed by atoms with Crippen LogP contribution in [0.1, 0.15) is 5.69 Å². The molecule has 0 aromatic carbocycles. The van der Waals surface area contributed by atoms with Crippen LogP contribution in [0.25, 0.3) is 0 Å². The van der Waals surface area contributed by atoms with Gasteiger partial charge in [-0.25, -0.2) is 9.99 Å². The molecule has 0 bridgehead atoms. The van der Waals surface area contributed by atoms with Crippen LogP contribution in [0.4, 0.5) is 0 Å². The summed E-state index contributed by atoms with van der Waals surface area (Å²) in [6, 6.07) is 1.42. The average molecular weight is 211 g/mol. The average Bonchev–Trinajstić information content (AvgIpc) is 2.10. The van der Waals surface area contributed by atoms with Gasteiger partial charge in [0.05, 0.1) is 5.75 Å². The summed E-state index contributed by atoms with van der Waals surface area (Å²) in [6.45, 7) is 1.76. The summed E-state index contributed by atoms with van der Waals surface area (Å²) in [7, 11) is 1.57. The van der Waals surface area contributed by atoms with Crippen molar-refractivity contribution in [2.45, 2.75) is 12.1 Å². The predicted molar refractivity (Wildman–Crippen MR) is 53.1 cm³/mol. The number of rotatable bonds is 0. The van der Waals surface area contributed by atoms with Crippen LogP contribution in [0.15, 0.2) is 16.0 Å². The molecule has 0 atom stereocenters. The lowest BCUT2D eigenvalue weighted by Gasteiger charge is -2.25. The Kier molecular flexibility index (Phi) is 2.07. The number of carbonyl (C=O) groups excluding carboxylic acids is 1. The van der Waals surface area contributed by atoms with Gasteiger partial charge in [0.2, 0.25) is 0 Å². The highest BCUT2D eigenvalue weighted by Gasteiger charge is 2.23. The van der Waals surface area contributed by atoms with Crippen LogP contribution >= 0.6 is 11.8 Å². The van der Waals surface area contributed by atoms with Crippen molar-refractivity contribution in [1.29, 1.82) is 0 Å². The van der Waals surface area contributed by atoms with Crippen molar-refractivity contribution in [2.75, 3.05) is 17.8 Å². The van der Waals surface area contributed by atoms with E-state index in [0.717, 1.165) is 0 Å². The highest BCUT2D eigenvalue weighted by molar-refractivity contribution is 7.99. The molecule has 0 aliphatic carbocycles. The van der Waals surface area contributed by atoms with E-state index in [1.807, 2.05) is 0 Å². The van der Waals surface area contributed by atoms with Gasteiger partial charge >= 0.3 is 0 Å². The molecule has 0 radical (unpaired) electrons. The Hall–Kier alpha value is -1.30. The topological polar surface area (TPSA) is 55.2 Å². The fourth-order valence-corrected chi connectivity index (χ4v) is 2.25. The first kappa shape index (κ1) is 9.26. The second-order valence-electron chi connectivity index (χ2n) is 3.04. The molecular formula is C8H9N3O2S. The maximum Gasteiger partial charge on any atom is 0.273 e. The van der Waals surface area contributed by atoms with Crippen molar-refractivity contribution in [3.8, 4) is 0 Å². The van der Waals surface area contributed by atoms with Crippen LogP contribution in [-0.4, -0.2) is 28.4 Å². The van der Waals surface area contributed by atoms with Crippen molar-refractivity contribution in [3.05, 3.63) is 22.1 Å². The number of hydrogen-bond donors (Lipinski definition) is 0. The quantitative estimate of drug-likeness (QED) is 0.555. The summed E-state index contributed by atoms with van der Waals surface area (Å²) in [5.41, 5.74) is 0.465. The molecule has 1 aliphatic rings. The number of fused-ring (bicyclic) bond motifs is 1. The van der Waals surface area contributed by atoms with Crippen molar-refractivity contribution in [2.24, 2.45) is 0 Å². The Morgan fingerprint density at radius 1 is 1.50 bits per heavy atom. The summed E-state index contributed by atoms with van der Waals surface area (Å²) in [5, 5.41) is 1.89. The van der Waals surface area contributed by atoms with Gasteiger partial charge < -0.3 is 0 Å². The first-order chi connectivity index (χ1) is 6.59. The van der Waals surface area contributed by atoms with Crippen molar-refractivity contribution >= 4 is 17.7 Å². The molecule has 0 fully saturated rings. The minimum absolute atomic E-state index is 0.0877. The molecule has 0 N–H and O–H groups in total. The molecule has 14 heavy (non-hydrogen) atoms. The molecule has 0 saturated carbocycles. The lowest BCUT2D eigenvalue weighted by Crippen LogP contribution is -2.48. The number of aromatic nitrogens is 2. The van der Waals surface area contributed by atoms with Crippen LogP contribution in [0.2, 0.25) is 0 Å². The summed E-state index contributed by atoms with van der Waals surface area (Å²) < 4.78 is 1.30. The van der Waals surface area contributed by atoms with Gasteiger partial charge in [0, 0.05) is 18.8 Å². The van der Waals surface area contributed by atoms with Crippen LogP contribution in [0.5, 0.6) is 0 Å². The molecule has 0 unspecified atom stereocenters. The van der Waals surface area contributed by atoms with Crippen LogP contribution in [-0.2, 0) is 4.79 Å². The third-order valence-electron chi connectivity index (χ3n) is 1.98. The van der Waals surface area contributed by atoms with E-state index in [2.05, 4.69) is 4.98 Å². The lowest BCUT2D eigenvalue weighted by atomic mass is 10.4. The minimum atomic E-state index is -0.212. The van der Waals surface area contributed by atoms with Gasteiger partial charge in [-0.3, -0.25) is 9.59 Å². The molecule has 74 valence electrons. The lowest BCUT2D eigenvalue weighted by molar-refractivity contribution is -0.117. The number of thioether (sulfide) groups is 1. The first-order valence-corrected chi connectivity index (χ1v) is 5.08. The molecule has 1 aromatic rings. The Morgan fingerprint density at radius 3 is 2.93 bits per heavy atom. The molecule has 0 saturated heterocycles. The summed E-state index contributed by atoms with van der Waals surface area (Å²) in [4.78, 5) is 27.1. The largest absolute Gasteiger partial charge is 0.273 e. The van der Waals surface area contributed by atoms with Gasteiger partial charge in [-0.1, -0.05) is 11.8 Å². The van der Waals surface area contributed by atoms with E-state index in [-0.39, 0.29) is 11.5 Å². The molecule has 1 aromatic heterocycles. The zero-order valence-electron chi connectivity index (χ0n) is 7.85. The first-order valence-electron chi connectivity index (χ1n) is 4.10. The molecular weight excluding hydrogens is 202 g/mol. The molecule has 6 heteroatoms. The molecule has 1 aliphatic heterocycles. The second kappa shape index (κ2) is 3.13. The van der Waals surface area contributed by atoms with E-state index in [1.54, 1.807) is 14.0 Å². The number of nitrogens with zero attached hydrogens (tertiary/aromatic N) is 3. The minimum Gasteiger partial charge on any atom is -0.272 e. The fraction of sp³-hybridized carbons (Fsp3) is 0.375. The van der Waals surface area contributed by atoms with Gasteiger partial charge in [0.15, 0.2) is 5.16 Å². The monoisotopic (exact) mass is 211 g/mol. The van der Waals surface area contributed by atoms with E-state index in [1.165, 1.54) is 27.5 Å². The number of aryl methyl sites for hydroxylation is 1. The Morgan fingerprint density at radius 2 is 2.21 bits per heavy atom. The number of hydrogen-bond acceptors (Lipinski definition) is 4. The molecule has 2 rings (SSSR count). The summed E-state index contributed by atoms with van der Waals surface area (Å²) in [5.74, 6) is 0.252. The van der Waals surface area contributed by atoms with E-state index in [9.17, 15) is 9.59 Å². The third kappa shape index (κ3) is 1.31. The van der Waals surface area contributed by atoms with Crippen molar-refractivity contribution in [3.63, 3.8) is 0 Å². The van der Waals surface area contributed by atoms with E-state index < -0.39 is 0 Å². The van der Waals surface area contributed by atoms with Gasteiger partial charge in [0.25, 0.3) is 11.5 Å². The van der Waals surface area contributed by atoms with E-state index in [0.29, 0.717) is 16.6 Å². The Balaban J connectivity index is 2.66. The second-order valence-corrected chi connectivity index (χ2v) is 3.98. The smallest absolute Gasteiger partial charge is 0.272 e. The van der Waals surface area contributed by atoms with Crippen LogP contribution in [0, 0.1) is 6.92 Å². The fourth-order valence-electron chi connectivity index (χ4n) is 1.27. The van der Waals surface area contributed by atoms with Crippen LogP contribution in [0.3, 0.4) is 0 Å². The maximum atomic E-state index is 11.6. The van der Waals surface area contributed by atoms with E-state index in [4.69, 9.17) is 0 Å². The highest BCUT2D eigenvalue weighted by Crippen LogP contribution is 2.18. The Bertz CT molecular complexity index is 454. The van der Waals surface area contributed by atoms with Crippen molar-refractivity contribution < 1.29 is 4.79 Å². The number of carbonyl (C=O) groups is 1. The van der Waals surface area contributed by atoms with Gasteiger partial charge in [0.1, 0.15) is 0 Å². The predicted octanol–water partition coefficient (Wildman–Crippen LogP) is -0.248. The van der Waals surface area contributed by atoms with Gasteiger partial charge in [-0.15, -0.1) is 0 Å². The van der Waals surface area contributed by atoms with Gasteiger partial charge in [-0.05, 0) is 6.92 Å². The summed E-state index contributed by atoms with van der Waals surface area (Å²) >= 11 is 1.29. The maximum absolute atomic E-state index is 11.6. The van der Waals surface area contributed by atoms with Gasteiger partial charge in [-0.2, -0.15) is 4.68 Å². The molecule has 2 heterocycles. The summed E-state index contributed by atoms with van der Waals surface area (Å²) in [6.07, 6.45) is 0. The normalized spacial score (nSPS) is 15.6. The molecule has 0 spiro atoms. The third-order valence-corrected chi connectivity index (χ3v) is 2.89. The van der Waals surface area contributed by atoms with Crippen LogP contribution < -0.4 is 10.6 Å². The highest BCUT2D eigenvalue weighted by atomic mass is 32.2. The SMILES string of the molecule is Cc1cc(=O)n2c(n1)SCC(=O)N2C. The number of amides is 1. The van der Waals surface area contributed by atoms with E-state index >= 15 is 0 Å². The zero-order chi connectivity index (χ0) is 10.3. The standard InChI is InChI=1S/C8H9N3O2S/c1-5-3-6(12)11-8(9-5)14-4-7(13)10(11)2/h3H,4H2,1-2H3. The Labute approximate surface area is 84.7 Å². The zero-order valence-corrected chi connectivity index (χ0v) is 8.67. The molecule has 5 nitrogen and oxygen atoms in total. The van der Waals surface area contributed by atoms with Crippen molar-refractivity contribution in [1.82, 2.24) is 9.66 Å².